The topological polar surface area (TPSA) is 53.5 Å². The SMILES string of the molecule is CSc1ncnc2c([C@@H]3OC(C)[C@@H](OCc4ccccc4)[C@@]3(C)OCc3ccccc3)scc12. The van der Waals surface area contributed by atoms with Crippen molar-refractivity contribution in [3.63, 3.8) is 0 Å². The molecule has 0 spiro atoms. The number of thioether (sulfide) groups is 1. The van der Waals surface area contributed by atoms with Crippen LogP contribution in [0.2, 0.25) is 0 Å². The largest absolute Gasteiger partial charge is 0.368 e. The minimum atomic E-state index is -0.702. The van der Waals surface area contributed by atoms with Gasteiger partial charge in [-0.25, -0.2) is 9.97 Å². The third-order valence-electron chi connectivity index (χ3n) is 6.34. The van der Waals surface area contributed by atoms with Crippen LogP contribution in [0.4, 0.5) is 0 Å². The van der Waals surface area contributed by atoms with E-state index in [4.69, 9.17) is 14.2 Å². The summed E-state index contributed by atoms with van der Waals surface area (Å²) in [6.45, 7) is 5.16. The molecule has 1 saturated heterocycles. The highest BCUT2D eigenvalue weighted by Gasteiger charge is 2.55. The number of nitrogens with zero attached hydrogens (tertiary/aromatic N) is 2. The normalized spacial score (nSPS) is 24.6. The molecular formula is C27H28N2O3S2. The van der Waals surface area contributed by atoms with E-state index in [0.717, 1.165) is 31.9 Å². The first-order valence-corrected chi connectivity index (χ1v) is 13.5. The van der Waals surface area contributed by atoms with Gasteiger partial charge in [0.05, 0.1) is 29.7 Å². The molecule has 0 amide bonds. The van der Waals surface area contributed by atoms with Crippen molar-refractivity contribution < 1.29 is 14.2 Å². The molecule has 1 aliphatic heterocycles. The van der Waals surface area contributed by atoms with Crippen LogP contribution >= 0.6 is 23.1 Å². The Morgan fingerprint density at radius 1 is 1.00 bits per heavy atom. The minimum Gasteiger partial charge on any atom is -0.368 e. The molecule has 5 rings (SSSR count). The molecule has 1 aliphatic rings. The number of hydrogen-bond acceptors (Lipinski definition) is 7. The highest BCUT2D eigenvalue weighted by Crippen LogP contribution is 2.49. The zero-order valence-corrected chi connectivity index (χ0v) is 21.1. The van der Waals surface area contributed by atoms with Crippen molar-refractivity contribution in [1.29, 1.82) is 0 Å². The number of thiophene rings is 1. The van der Waals surface area contributed by atoms with Crippen LogP contribution in [0, 0.1) is 0 Å². The van der Waals surface area contributed by atoms with Crippen molar-refractivity contribution in [2.75, 3.05) is 6.26 Å². The maximum atomic E-state index is 6.70. The van der Waals surface area contributed by atoms with Gasteiger partial charge in [0.25, 0.3) is 0 Å². The van der Waals surface area contributed by atoms with E-state index in [1.807, 2.05) is 42.7 Å². The molecule has 3 heterocycles. The second-order valence-corrected chi connectivity index (χ2v) is 10.3. The van der Waals surface area contributed by atoms with Crippen LogP contribution in [0.1, 0.15) is 36.0 Å². The zero-order valence-electron chi connectivity index (χ0n) is 19.5. The van der Waals surface area contributed by atoms with Crippen LogP contribution in [-0.2, 0) is 27.4 Å². The molecule has 2 aromatic carbocycles. The van der Waals surface area contributed by atoms with Crippen LogP contribution in [-0.4, -0.2) is 34.0 Å². The molecule has 4 aromatic rings. The molecule has 176 valence electrons. The van der Waals surface area contributed by atoms with Gasteiger partial charge in [0.2, 0.25) is 0 Å². The summed E-state index contributed by atoms with van der Waals surface area (Å²) in [6, 6.07) is 20.5. The number of benzene rings is 2. The van der Waals surface area contributed by atoms with E-state index in [9.17, 15) is 0 Å². The van der Waals surface area contributed by atoms with Crippen LogP contribution in [0.15, 0.2) is 77.4 Å². The summed E-state index contributed by atoms with van der Waals surface area (Å²) in [5.41, 5.74) is 2.47. The van der Waals surface area contributed by atoms with Gasteiger partial charge in [0.1, 0.15) is 29.2 Å². The second-order valence-electron chi connectivity index (χ2n) is 8.64. The maximum Gasteiger partial charge on any atom is 0.126 e. The second kappa shape index (κ2) is 10.1. The fourth-order valence-corrected chi connectivity index (χ4v) is 6.36. The lowest BCUT2D eigenvalue weighted by molar-refractivity contribution is -0.145. The number of rotatable bonds is 8. The van der Waals surface area contributed by atoms with E-state index in [-0.39, 0.29) is 18.3 Å². The van der Waals surface area contributed by atoms with Crippen molar-refractivity contribution in [2.24, 2.45) is 0 Å². The monoisotopic (exact) mass is 492 g/mol. The third kappa shape index (κ3) is 4.51. The Bertz CT molecular complexity index is 1230. The fraction of sp³-hybridized carbons (Fsp3) is 0.333. The molecule has 0 saturated carbocycles. The van der Waals surface area contributed by atoms with Crippen LogP contribution in [0.25, 0.3) is 10.9 Å². The fourth-order valence-electron chi connectivity index (χ4n) is 4.60. The van der Waals surface area contributed by atoms with Gasteiger partial charge in [-0.1, -0.05) is 60.7 Å². The molecule has 1 fully saturated rings. The van der Waals surface area contributed by atoms with Gasteiger partial charge in [0, 0.05) is 10.8 Å². The smallest absolute Gasteiger partial charge is 0.126 e. The van der Waals surface area contributed by atoms with Crippen molar-refractivity contribution in [3.05, 3.63) is 88.4 Å². The van der Waals surface area contributed by atoms with E-state index in [0.29, 0.717) is 13.2 Å². The number of hydrogen-bond donors (Lipinski definition) is 0. The number of ether oxygens (including phenoxy) is 3. The summed E-state index contributed by atoms with van der Waals surface area (Å²) in [6.07, 6.45) is 2.97. The van der Waals surface area contributed by atoms with Crippen molar-refractivity contribution >= 4 is 34.0 Å². The molecular weight excluding hydrogens is 464 g/mol. The van der Waals surface area contributed by atoms with E-state index in [2.05, 4.69) is 53.5 Å². The van der Waals surface area contributed by atoms with E-state index in [1.165, 1.54) is 0 Å². The lowest BCUT2D eigenvalue weighted by Gasteiger charge is -2.35. The number of fused-ring (bicyclic) bond motifs is 1. The summed E-state index contributed by atoms with van der Waals surface area (Å²) in [4.78, 5) is 10.1. The van der Waals surface area contributed by atoms with Crippen LogP contribution in [0.5, 0.6) is 0 Å². The first-order chi connectivity index (χ1) is 16.6. The predicted octanol–water partition coefficient (Wildman–Crippen LogP) is 6.43. The van der Waals surface area contributed by atoms with Gasteiger partial charge in [-0.05, 0) is 31.2 Å². The van der Waals surface area contributed by atoms with E-state index >= 15 is 0 Å². The first-order valence-electron chi connectivity index (χ1n) is 11.3. The summed E-state index contributed by atoms with van der Waals surface area (Å²) in [5.74, 6) is 0. The Morgan fingerprint density at radius 3 is 2.35 bits per heavy atom. The molecule has 5 nitrogen and oxygen atoms in total. The maximum absolute atomic E-state index is 6.70. The molecule has 4 atom stereocenters. The van der Waals surface area contributed by atoms with Gasteiger partial charge in [0.15, 0.2) is 0 Å². The Morgan fingerprint density at radius 2 is 1.68 bits per heavy atom. The zero-order chi connectivity index (χ0) is 23.5. The van der Waals surface area contributed by atoms with E-state index < -0.39 is 5.60 Å². The summed E-state index contributed by atoms with van der Waals surface area (Å²) in [7, 11) is 0. The van der Waals surface area contributed by atoms with Crippen molar-refractivity contribution in [2.45, 2.75) is 56.0 Å². The highest BCUT2D eigenvalue weighted by atomic mass is 32.2. The predicted molar refractivity (Wildman–Crippen MR) is 137 cm³/mol. The summed E-state index contributed by atoms with van der Waals surface area (Å²) in [5, 5.41) is 4.16. The molecule has 0 aliphatic carbocycles. The van der Waals surface area contributed by atoms with E-state index in [1.54, 1.807) is 29.4 Å². The van der Waals surface area contributed by atoms with Gasteiger partial charge in [-0.3, -0.25) is 0 Å². The van der Waals surface area contributed by atoms with Gasteiger partial charge >= 0.3 is 0 Å². The van der Waals surface area contributed by atoms with Gasteiger partial charge < -0.3 is 14.2 Å². The molecule has 1 unspecified atom stereocenters. The quantitative estimate of drug-likeness (QED) is 0.209. The Hall–Kier alpha value is -2.29. The molecule has 7 heteroatoms. The van der Waals surface area contributed by atoms with Gasteiger partial charge in [-0.15, -0.1) is 23.1 Å². The molecule has 0 radical (unpaired) electrons. The summed E-state index contributed by atoms with van der Waals surface area (Å²) < 4.78 is 19.8. The average molecular weight is 493 g/mol. The first kappa shape index (κ1) is 23.5. The molecule has 2 aromatic heterocycles. The Balaban J connectivity index is 1.49. The minimum absolute atomic E-state index is 0.145. The summed E-state index contributed by atoms with van der Waals surface area (Å²) >= 11 is 3.28. The lowest BCUT2D eigenvalue weighted by Crippen LogP contribution is -2.45. The molecule has 34 heavy (non-hydrogen) atoms. The number of aromatic nitrogens is 2. The van der Waals surface area contributed by atoms with Gasteiger partial charge in [-0.2, -0.15) is 0 Å². The molecule has 0 bridgehead atoms. The van der Waals surface area contributed by atoms with Crippen molar-refractivity contribution in [1.82, 2.24) is 9.97 Å². The standard InChI is InChI=1S/C27H28N2O3S2/c1-18-24(30-14-19-10-6-4-7-11-19)27(2,31-15-20-12-8-5-9-13-20)25(32-18)23-22-21(16-34-23)26(33-3)29-17-28-22/h4-13,16-18,24-25H,14-15H2,1-3H3/t18?,24-,25+,27-/m1/s1. The average Bonchev–Trinajstić information content (AvgIpc) is 3.41. The van der Waals surface area contributed by atoms with Crippen LogP contribution in [0.3, 0.4) is 0 Å². The highest BCUT2D eigenvalue weighted by molar-refractivity contribution is 7.98. The Labute approximate surface area is 208 Å². The van der Waals surface area contributed by atoms with Crippen LogP contribution < -0.4 is 0 Å². The molecule has 0 N–H and O–H groups in total. The van der Waals surface area contributed by atoms with Crippen molar-refractivity contribution in [3.8, 4) is 0 Å². The Kier molecular flexibility index (Phi) is 6.99. The third-order valence-corrected chi connectivity index (χ3v) is 8.07. The lowest BCUT2D eigenvalue weighted by atomic mass is 9.91.